The van der Waals surface area contributed by atoms with Crippen molar-refractivity contribution in [2.75, 3.05) is 47.1 Å². The van der Waals surface area contributed by atoms with Crippen LogP contribution < -0.4 is 10.6 Å². The summed E-state index contributed by atoms with van der Waals surface area (Å²) < 4.78 is 9.96. The molecule has 0 aromatic rings. The standard InChI is InChI=1S/C12H24N2O3/c1-16-7-5-12(3-4-12)10-14-11(15)9-13-6-8-17-2/h13H,3-10H2,1-2H3,(H,14,15). The van der Waals surface area contributed by atoms with E-state index in [4.69, 9.17) is 9.47 Å². The van der Waals surface area contributed by atoms with Crippen molar-refractivity contribution >= 4 is 5.91 Å². The van der Waals surface area contributed by atoms with Crippen LogP contribution in [0.5, 0.6) is 0 Å². The monoisotopic (exact) mass is 244 g/mol. The van der Waals surface area contributed by atoms with Gasteiger partial charge in [-0.3, -0.25) is 4.79 Å². The molecule has 5 heteroatoms. The Bertz CT molecular complexity index is 230. The number of amides is 1. The summed E-state index contributed by atoms with van der Waals surface area (Å²) in [5.74, 6) is 0.0600. The van der Waals surface area contributed by atoms with Crippen LogP contribution in [0.2, 0.25) is 0 Å². The second-order valence-corrected chi connectivity index (χ2v) is 4.69. The molecule has 17 heavy (non-hydrogen) atoms. The normalized spacial score (nSPS) is 16.8. The third-order valence-electron chi connectivity index (χ3n) is 3.22. The number of nitrogens with one attached hydrogen (secondary N) is 2. The molecule has 0 radical (unpaired) electrons. The lowest BCUT2D eigenvalue weighted by atomic mass is 10.0. The van der Waals surface area contributed by atoms with Crippen LogP contribution >= 0.6 is 0 Å². The van der Waals surface area contributed by atoms with E-state index < -0.39 is 0 Å². The highest BCUT2D eigenvalue weighted by Gasteiger charge is 2.41. The maximum atomic E-state index is 11.5. The SMILES string of the molecule is COCCNCC(=O)NCC1(CCOC)CC1. The third kappa shape index (κ3) is 6.00. The number of rotatable bonds is 10. The number of hydrogen-bond acceptors (Lipinski definition) is 4. The van der Waals surface area contributed by atoms with Gasteiger partial charge in [0.25, 0.3) is 0 Å². The minimum atomic E-state index is 0.0600. The molecular formula is C12H24N2O3. The van der Waals surface area contributed by atoms with Crippen molar-refractivity contribution in [3.05, 3.63) is 0 Å². The van der Waals surface area contributed by atoms with Crippen molar-refractivity contribution < 1.29 is 14.3 Å². The minimum Gasteiger partial charge on any atom is -0.385 e. The molecule has 1 saturated carbocycles. The zero-order valence-electron chi connectivity index (χ0n) is 10.9. The molecule has 0 heterocycles. The number of methoxy groups -OCH3 is 2. The molecule has 1 aliphatic carbocycles. The zero-order valence-corrected chi connectivity index (χ0v) is 10.9. The second kappa shape index (κ2) is 7.63. The summed E-state index contributed by atoms with van der Waals surface area (Å²) in [6.07, 6.45) is 3.45. The largest absolute Gasteiger partial charge is 0.385 e. The van der Waals surface area contributed by atoms with Gasteiger partial charge in [-0.25, -0.2) is 0 Å². The fourth-order valence-corrected chi connectivity index (χ4v) is 1.74. The lowest BCUT2D eigenvalue weighted by Gasteiger charge is -2.15. The van der Waals surface area contributed by atoms with Crippen LogP contribution in [0.3, 0.4) is 0 Å². The van der Waals surface area contributed by atoms with Gasteiger partial charge >= 0.3 is 0 Å². The number of hydrogen-bond donors (Lipinski definition) is 2. The highest BCUT2D eigenvalue weighted by molar-refractivity contribution is 5.78. The van der Waals surface area contributed by atoms with Gasteiger partial charge in [0, 0.05) is 33.9 Å². The van der Waals surface area contributed by atoms with Crippen LogP contribution in [0.1, 0.15) is 19.3 Å². The number of carbonyl (C=O) groups excluding carboxylic acids is 1. The summed E-state index contributed by atoms with van der Waals surface area (Å²) >= 11 is 0. The molecule has 1 amide bonds. The van der Waals surface area contributed by atoms with Crippen LogP contribution in [0.25, 0.3) is 0 Å². The molecule has 0 unspecified atom stereocenters. The van der Waals surface area contributed by atoms with Crippen LogP contribution in [0.15, 0.2) is 0 Å². The molecule has 0 atom stereocenters. The van der Waals surface area contributed by atoms with E-state index >= 15 is 0 Å². The predicted octanol–water partition coefficient (Wildman–Crippen LogP) is 0.155. The van der Waals surface area contributed by atoms with Crippen LogP contribution in [0.4, 0.5) is 0 Å². The molecule has 0 saturated heterocycles. The Hall–Kier alpha value is -0.650. The van der Waals surface area contributed by atoms with E-state index in [0.29, 0.717) is 25.1 Å². The summed E-state index contributed by atoms with van der Waals surface area (Å²) in [5, 5.41) is 6.00. The van der Waals surface area contributed by atoms with Crippen molar-refractivity contribution in [2.24, 2.45) is 5.41 Å². The lowest BCUT2D eigenvalue weighted by molar-refractivity contribution is -0.120. The second-order valence-electron chi connectivity index (χ2n) is 4.69. The van der Waals surface area contributed by atoms with Crippen LogP contribution in [0, 0.1) is 5.41 Å². The van der Waals surface area contributed by atoms with Gasteiger partial charge in [0.2, 0.25) is 5.91 Å². The van der Waals surface area contributed by atoms with Gasteiger partial charge in [-0.15, -0.1) is 0 Å². The fourth-order valence-electron chi connectivity index (χ4n) is 1.74. The average molecular weight is 244 g/mol. The Kier molecular flexibility index (Phi) is 6.47. The van der Waals surface area contributed by atoms with E-state index in [0.717, 1.165) is 19.6 Å². The summed E-state index contributed by atoms with van der Waals surface area (Å²) in [5.41, 5.74) is 0.318. The van der Waals surface area contributed by atoms with Gasteiger partial charge in [-0.2, -0.15) is 0 Å². The van der Waals surface area contributed by atoms with E-state index in [1.54, 1.807) is 14.2 Å². The highest BCUT2D eigenvalue weighted by Crippen LogP contribution is 2.48. The Morgan fingerprint density at radius 1 is 1.24 bits per heavy atom. The third-order valence-corrected chi connectivity index (χ3v) is 3.22. The van der Waals surface area contributed by atoms with Gasteiger partial charge < -0.3 is 20.1 Å². The topological polar surface area (TPSA) is 59.6 Å². The van der Waals surface area contributed by atoms with Gasteiger partial charge in [0.1, 0.15) is 0 Å². The summed E-state index contributed by atoms with van der Waals surface area (Å²) in [4.78, 5) is 11.5. The molecule has 0 spiro atoms. The van der Waals surface area contributed by atoms with Crippen molar-refractivity contribution in [1.82, 2.24) is 10.6 Å². The van der Waals surface area contributed by atoms with Gasteiger partial charge in [-0.1, -0.05) is 0 Å². The Morgan fingerprint density at radius 3 is 2.53 bits per heavy atom. The van der Waals surface area contributed by atoms with Crippen molar-refractivity contribution in [3.63, 3.8) is 0 Å². The van der Waals surface area contributed by atoms with Crippen molar-refractivity contribution in [1.29, 1.82) is 0 Å². The Balaban J connectivity index is 2.03. The quantitative estimate of drug-likeness (QED) is 0.537. The first-order chi connectivity index (χ1) is 8.22. The first-order valence-corrected chi connectivity index (χ1v) is 6.18. The molecule has 0 bridgehead atoms. The molecular weight excluding hydrogens is 220 g/mol. The molecule has 100 valence electrons. The first-order valence-electron chi connectivity index (χ1n) is 6.18. The molecule has 1 fully saturated rings. The Labute approximate surface area is 103 Å². The molecule has 0 aliphatic heterocycles. The van der Waals surface area contributed by atoms with Crippen molar-refractivity contribution in [3.8, 4) is 0 Å². The summed E-state index contributed by atoms with van der Waals surface area (Å²) in [7, 11) is 3.36. The minimum absolute atomic E-state index is 0.0600. The van der Waals surface area contributed by atoms with Gasteiger partial charge in [-0.05, 0) is 24.7 Å². The van der Waals surface area contributed by atoms with Crippen molar-refractivity contribution in [2.45, 2.75) is 19.3 Å². The van der Waals surface area contributed by atoms with Crippen LogP contribution in [-0.4, -0.2) is 53.0 Å². The summed E-state index contributed by atoms with van der Waals surface area (Å²) in [6.45, 7) is 3.26. The van der Waals surface area contributed by atoms with E-state index in [9.17, 15) is 4.79 Å². The lowest BCUT2D eigenvalue weighted by Crippen LogP contribution is -2.38. The number of ether oxygens (including phenoxy) is 2. The zero-order chi connectivity index (χ0) is 12.6. The first kappa shape index (κ1) is 14.4. The summed E-state index contributed by atoms with van der Waals surface area (Å²) in [6, 6.07) is 0. The molecule has 2 N–H and O–H groups in total. The van der Waals surface area contributed by atoms with Crippen LogP contribution in [-0.2, 0) is 14.3 Å². The molecule has 0 aromatic carbocycles. The molecule has 1 rings (SSSR count). The Morgan fingerprint density at radius 2 is 1.94 bits per heavy atom. The fraction of sp³-hybridized carbons (Fsp3) is 0.917. The van der Waals surface area contributed by atoms with Gasteiger partial charge in [0.05, 0.1) is 13.2 Å². The van der Waals surface area contributed by atoms with E-state index in [1.807, 2.05) is 0 Å². The highest BCUT2D eigenvalue weighted by atomic mass is 16.5. The van der Waals surface area contributed by atoms with E-state index in [2.05, 4.69) is 10.6 Å². The maximum absolute atomic E-state index is 11.5. The van der Waals surface area contributed by atoms with E-state index in [1.165, 1.54) is 12.8 Å². The molecule has 0 aromatic heterocycles. The number of carbonyl (C=O) groups is 1. The van der Waals surface area contributed by atoms with Gasteiger partial charge in [0.15, 0.2) is 0 Å². The maximum Gasteiger partial charge on any atom is 0.233 e. The molecule has 1 aliphatic rings. The predicted molar refractivity (Wildman–Crippen MR) is 65.9 cm³/mol. The average Bonchev–Trinajstić information content (AvgIpc) is 3.10. The van der Waals surface area contributed by atoms with E-state index in [-0.39, 0.29) is 5.91 Å². The molecule has 5 nitrogen and oxygen atoms in total. The smallest absolute Gasteiger partial charge is 0.233 e.